The van der Waals surface area contributed by atoms with Gasteiger partial charge in [-0.05, 0) is 32.9 Å². The minimum atomic E-state index is -0.240. The van der Waals surface area contributed by atoms with Crippen LogP contribution in [0.2, 0.25) is 0 Å². The number of nitrogens with one attached hydrogen (secondary N) is 2. The number of guanidine groups is 1. The minimum Gasteiger partial charge on any atom is -0.469 e. The van der Waals surface area contributed by atoms with Gasteiger partial charge in [0.05, 0.1) is 19.6 Å². The predicted molar refractivity (Wildman–Crippen MR) is 108 cm³/mol. The number of ether oxygens (including phenoxy) is 1. The summed E-state index contributed by atoms with van der Waals surface area (Å²) in [5, 5.41) is 6.59. The zero-order chi connectivity index (χ0) is 16.5. The van der Waals surface area contributed by atoms with Gasteiger partial charge in [-0.1, -0.05) is 6.92 Å². The molecular weight excluding hydrogens is 425 g/mol. The quantitative estimate of drug-likeness (QED) is 0.289. The molecule has 132 valence electrons. The summed E-state index contributed by atoms with van der Waals surface area (Å²) >= 11 is 1.82. The molecule has 0 fully saturated rings. The molecule has 0 amide bonds. The molecule has 0 aliphatic rings. The summed E-state index contributed by atoms with van der Waals surface area (Å²) in [4.78, 5) is 18.6. The Bertz CT molecular complexity index is 505. The van der Waals surface area contributed by atoms with Crippen molar-refractivity contribution in [3.63, 3.8) is 0 Å². The normalized spacial score (nSPS) is 13.7. The lowest BCUT2D eigenvalue weighted by Crippen LogP contribution is -2.43. The molecule has 0 saturated heterocycles. The van der Waals surface area contributed by atoms with E-state index in [1.165, 1.54) is 16.9 Å². The predicted octanol–water partition coefficient (Wildman–Crippen LogP) is 2.97. The lowest BCUT2D eigenvalue weighted by atomic mass is 10.2. The van der Waals surface area contributed by atoms with Crippen LogP contribution in [0.4, 0.5) is 0 Å². The number of rotatable bonds is 7. The van der Waals surface area contributed by atoms with Crippen LogP contribution in [0.1, 0.15) is 30.5 Å². The zero-order valence-corrected chi connectivity index (χ0v) is 17.7. The number of carbonyl (C=O) groups is 1. The summed E-state index contributed by atoms with van der Waals surface area (Å²) in [6.07, 6.45) is 0.954. The highest BCUT2D eigenvalue weighted by molar-refractivity contribution is 14.0. The summed E-state index contributed by atoms with van der Waals surface area (Å²) in [6.45, 7) is 9.28. The maximum Gasteiger partial charge on any atom is 0.310 e. The molecule has 1 aromatic heterocycles. The molecule has 23 heavy (non-hydrogen) atoms. The Kier molecular flexibility index (Phi) is 11.2. The number of nitrogens with zero attached hydrogens (tertiary/aromatic N) is 1. The van der Waals surface area contributed by atoms with E-state index < -0.39 is 0 Å². The molecule has 0 aliphatic heterocycles. The maximum atomic E-state index is 11.4. The first-order valence-electron chi connectivity index (χ1n) is 7.64. The minimum absolute atomic E-state index is 0. The SMILES string of the molecule is CCNC(=NCC(C)C(=O)OC)NC(C)Cc1ccc(C)s1.I. The highest BCUT2D eigenvalue weighted by Crippen LogP contribution is 2.16. The Morgan fingerprint density at radius 2 is 2.09 bits per heavy atom. The van der Waals surface area contributed by atoms with Gasteiger partial charge in [-0.2, -0.15) is 0 Å². The topological polar surface area (TPSA) is 62.7 Å². The van der Waals surface area contributed by atoms with Crippen LogP contribution in [0.15, 0.2) is 17.1 Å². The summed E-state index contributed by atoms with van der Waals surface area (Å²) < 4.78 is 4.72. The van der Waals surface area contributed by atoms with Crippen molar-refractivity contribution in [2.75, 3.05) is 20.2 Å². The number of halogens is 1. The van der Waals surface area contributed by atoms with Crippen molar-refractivity contribution in [3.05, 3.63) is 21.9 Å². The highest BCUT2D eigenvalue weighted by Gasteiger charge is 2.13. The smallest absolute Gasteiger partial charge is 0.310 e. The number of hydrogen-bond acceptors (Lipinski definition) is 4. The van der Waals surface area contributed by atoms with Crippen LogP contribution < -0.4 is 10.6 Å². The average Bonchev–Trinajstić information content (AvgIpc) is 2.88. The summed E-state index contributed by atoms with van der Waals surface area (Å²) in [7, 11) is 1.40. The second-order valence-corrected chi connectivity index (χ2v) is 6.78. The fourth-order valence-electron chi connectivity index (χ4n) is 2.00. The van der Waals surface area contributed by atoms with Crippen LogP contribution in [0.3, 0.4) is 0 Å². The molecule has 0 radical (unpaired) electrons. The van der Waals surface area contributed by atoms with Gasteiger partial charge in [0.2, 0.25) is 0 Å². The third-order valence-corrected chi connectivity index (χ3v) is 4.18. The van der Waals surface area contributed by atoms with Gasteiger partial charge >= 0.3 is 5.97 Å². The Hall–Kier alpha value is -0.830. The van der Waals surface area contributed by atoms with Crippen LogP contribution in [-0.4, -0.2) is 38.2 Å². The fourth-order valence-corrected chi connectivity index (χ4v) is 3.02. The largest absolute Gasteiger partial charge is 0.469 e. The van der Waals surface area contributed by atoms with E-state index >= 15 is 0 Å². The molecule has 0 saturated carbocycles. The molecule has 1 heterocycles. The highest BCUT2D eigenvalue weighted by atomic mass is 127. The number of aliphatic imine (C=N–C) groups is 1. The molecule has 2 unspecified atom stereocenters. The second kappa shape index (κ2) is 11.7. The van der Waals surface area contributed by atoms with Crippen molar-refractivity contribution >= 4 is 47.2 Å². The van der Waals surface area contributed by atoms with Crippen molar-refractivity contribution in [2.45, 2.75) is 40.2 Å². The number of carbonyl (C=O) groups excluding carboxylic acids is 1. The van der Waals surface area contributed by atoms with Gasteiger partial charge in [-0.25, -0.2) is 0 Å². The second-order valence-electron chi connectivity index (χ2n) is 5.41. The molecule has 0 spiro atoms. The average molecular weight is 453 g/mol. The standard InChI is InChI=1S/C16H27N3O2S.HI/c1-6-17-16(18-10-11(2)15(20)21-5)19-12(3)9-14-8-7-13(4)22-14;/h7-8,11-12H,6,9-10H2,1-5H3,(H2,17,18,19);1H. The van der Waals surface area contributed by atoms with Crippen LogP contribution in [0.5, 0.6) is 0 Å². The molecule has 0 bridgehead atoms. The Balaban J connectivity index is 0.00000484. The third-order valence-electron chi connectivity index (χ3n) is 3.16. The van der Waals surface area contributed by atoms with Crippen molar-refractivity contribution in [1.29, 1.82) is 0 Å². The monoisotopic (exact) mass is 453 g/mol. The Morgan fingerprint density at radius 1 is 1.39 bits per heavy atom. The van der Waals surface area contributed by atoms with Crippen LogP contribution >= 0.6 is 35.3 Å². The van der Waals surface area contributed by atoms with Crippen molar-refractivity contribution in [3.8, 4) is 0 Å². The first-order valence-corrected chi connectivity index (χ1v) is 8.45. The van der Waals surface area contributed by atoms with Crippen LogP contribution in [0.25, 0.3) is 0 Å². The summed E-state index contributed by atoms with van der Waals surface area (Å²) in [6, 6.07) is 4.58. The first-order chi connectivity index (χ1) is 10.5. The van der Waals surface area contributed by atoms with Gasteiger partial charge in [0.15, 0.2) is 5.96 Å². The molecule has 1 aromatic rings. The van der Waals surface area contributed by atoms with E-state index in [2.05, 4.69) is 41.6 Å². The molecule has 7 heteroatoms. The van der Waals surface area contributed by atoms with Crippen molar-refractivity contribution in [1.82, 2.24) is 10.6 Å². The lowest BCUT2D eigenvalue weighted by molar-refractivity contribution is -0.144. The fraction of sp³-hybridized carbons (Fsp3) is 0.625. The lowest BCUT2D eigenvalue weighted by Gasteiger charge is -2.18. The van der Waals surface area contributed by atoms with E-state index in [0.29, 0.717) is 6.54 Å². The summed E-state index contributed by atoms with van der Waals surface area (Å²) in [5.41, 5.74) is 0. The van der Waals surface area contributed by atoms with Crippen molar-refractivity contribution < 1.29 is 9.53 Å². The Morgan fingerprint density at radius 3 is 2.61 bits per heavy atom. The molecular formula is C16H28IN3O2S. The molecule has 2 atom stereocenters. The van der Waals surface area contributed by atoms with E-state index in [1.54, 1.807) is 0 Å². The number of aryl methyl sites for hydroxylation is 1. The van der Waals surface area contributed by atoms with E-state index in [0.717, 1.165) is 18.9 Å². The summed E-state index contributed by atoms with van der Waals surface area (Å²) in [5.74, 6) is 0.261. The number of methoxy groups -OCH3 is 1. The molecule has 0 aliphatic carbocycles. The van der Waals surface area contributed by atoms with Crippen LogP contribution in [0, 0.1) is 12.8 Å². The number of hydrogen-bond donors (Lipinski definition) is 2. The molecule has 2 N–H and O–H groups in total. The Labute approximate surface area is 160 Å². The van der Waals surface area contributed by atoms with E-state index in [1.807, 2.05) is 25.2 Å². The van der Waals surface area contributed by atoms with E-state index in [-0.39, 0.29) is 41.9 Å². The number of thiophene rings is 1. The third kappa shape index (κ3) is 8.55. The molecule has 5 nitrogen and oxygen atoms in total. The van der Waals surface area contributed by atoms with Gasteiger partial charge in [-0.15, -0.1) is 35.3 Å². The van der Waals surface area contributed by atoms with Gasteiger partial charge in [0, 0.05) is 28.8 Å². The van der Waals surface area contributed by atoms with Gasteiger partial charge in [0.1, 0.15) is 0 Å². The number of esters is 1. The van der Waals surface area contributed by atoms with Crippen LogP contribution in [-0.2, 0) is 16.0 Å². The van der Waals surface area contributed by atoms with E-state index in [9.17, 15) is 4.79 Å². The van der Waals surface area contributed by atoms with Gasteiger partial charge in [-0.3, -0.25) is 9.79 Å². The van der Waals surface area contributed by atoms with Gasteiger partial charge in [0.25, 0.3) is 0 Å². The van der Waals surface area contributed by atoms with Crippen molar-refractivity contribution in [2.24, 2.45) is 10.9 Å². The maximum absolute atomic E-state index is 11.4. The van der Waals surface area contributed by atoms with E-state index in [4.69, 9.17) is 4.74 Å². The molecule has 0 aromatic carbocycles. The first kappa shape index (κ1) is 22.2. The zero-order valence-electron chi connectivity index (χ0n) is 14.5. The van der Waals surface area contributed by atoms with Gasteiger partial charge < -0.3 is 15.4 Å². The molecule has 1 rings (SSSR count).